The number of fused-ring (bicyclic) bond motifs is 1. The molecule has 2 aliphatic heterocycles. The van der Waals surface area contributed by atoms with E-state index in [1.54, 1.807) is 12.4 Å². The van der Waals surface area contributed by atoms with E-state index in [0.717, 1.165) is 30.0 Å². The fourth-order valence-electron chi connectivity index (χ4n) is 4.23. The number of allylic oxidation sites excluding steroid dienone is 3. The first-order chi connectivity index (χ1) is 12.6. The standard InChI is InChI=1S/C22H28N4/c1-16-14-20(6-11-25(16)3)18-7-12-26(13-8-18)17(2)19-4-5-21-22(15-19)24-10-9-23-21/h4-6,9-11,14-15,17-18,20H,7-8,12-13H2,1-3H3. The Morgan fingerprint density at radius 1 is 1.08 bits per heavy atom. The smallest absolute Gasteiger partial charge is 0.0890 e. The van der Waals surface area contributed by atoms with E-state index in [4.69, 9.17) is 0 Å². The summed E-state index contributed by atoms with van der Waals surface area (Å²) in [4.78, 5) is 13.7. The second kappa shape index (κ2) is 7.20. The number of piperidine rings is 1. The number of rotatable bonds is 3. The lowest BCUT2D eigenvalue weighted by atomic mass is 9.82. The Labute approximate surface area is 156 Å². The number of hydrogen-bond acceptors (Lipinski definition) is 4. The van der Waals surface area contributed by atoms with Crippen LogP contribution in [-0.4, -0.2) is 39.9 Å². The van der Waals surface area contributed by atoms with Crippen LogP contribution in [0.1, 0.15) is 38.3 Å². The molecule has 1 saturated heterocycles. The third-order valence-electron chi connectivity index (χ3n) is 6.16. The molecule has 0 bridgehead atoms. The summed E-state index contributed by atoms with van der Waals surface area (Å²) in [6, 6.07) is 6.93. The normalized spacial score (nSPS) is 23.3. The molecule has 4 nitrogen and oxygen atoms in total. The van der Waals surface area contributed by atoms with Crippen LogP contribution in [0, 0.1) is 11.8 Å². The molecule has 1 fully saturated rings. The van der Waals surface area contributed by atoms with Gasteiger partial charge < -0.3 is 4.90 Å². The van der Waals surface area contributed by atoms with Crippen LogP contribution in [0.25, 0.3) is 11.0 Å². The molecule has 0 saturated carbocycles. The van der Waals surface area contributed by atoms with Crippen molar-refractivity contribution in [1.29, 1.82) is 0 Å². The maximum atomic E-state index is 4.46. The predicted molar refractivity (Wildman–Crippen MR) is 106 cm³/mol. The average molecular weight is 348 g/mol. The number of nitrogens with zero attached hydrogens (tertiary/aromatic N) is 4. The van der Waals surface area contributed by atoms with Gasteiger partial charge in [-0.1, -0.05) is 18.2 Å². The second-order valence-corrected chi connectivity index (χ2v) is 7.69. The second-order valence-electron chi connectivity index (χ2n) is 7.69. The molecule has 4 rings (SSSR count). The Hall–Kier alpha value is -2.20. The maximum Gasteiger partial charge on any atom is 0.0890 e. The van der Waals surface area contributed by atoms with E-state index in [-0.39, 0.29) is 0 Å². The molecule has 4 heteroatoms. The van der Waals surface area contributed by atoms with Gasteiger partial charge in [-0.2, -0.15) is 0 Å². The first-order valence-electron chi connectivity index (χ1n) is 9.66. The molecule has 0 N–H and O–H groups in total. The van der Waals surface area contributed by atoms with E-state index < -0.39 is 0 Å². The Bertz CT molecular complexity index is 833. The summed E-state index contributed by atoms with van der Waals surface area (Å²) in [5.74, 6) is 1.36. The van der Waals surface area contributed by atoms with Gasteiger partial charge in [-0.05, 0) is 69.6 Å². The van der Waals surface area contributed by atoms with Gasteiger partial charge >= 0.3 is 0 Å². The zero-order valence-electron chi connectivity index (χ0n) is 16.0. The van der Waals surface area contributed by atoms with Crippen LogP contribution in [0.5, 0.6) is 0 Å². The van der Waals surface area contributed by atoms with Crippen molar-refractivity contribution in [3.63, 3.8) is 0 Å². The van der Waals surface area contributed by atoms with Gasteiger partial charge in [-0.3, -0.25) is 14.9 Å². The minimum absolute atomic E-state index is 0.424. The Morgan fingerprint density at radius 3 is 2.54 bits per heavy atom. The van der Waals surface area contributed by atoms with Crippen molar-refractivity contribution in [1.82, 2.24) is 19.8 Å². The zero-order chi connectivity index (χ0) is 18.1. The van der Waals surface area contributed by atoms with Crippen LogP contribution in [0.2, 0.25) is 0 Å². The van der Waals surface area contributed by atoms with Gasteiger partial charge in [-0.15, -0.1) is 0 Å². The van der Waals surface area contributed by atoms with Crippen LogP contribution in [0.15, 0.2) is 54.6 Å². The molecule has 0 spiro atoms. The zero-order valence-corrected chi connectivity index (χ0v) is 16.0. The minimum atomic E-state index is 0.424. The molecular weight excluding hydrogens is 320 g/mol. The fraction of sp³-hybridized carbons (Fsp3) is 0.455. The topological polar surface area (TPSA) is 32.3 Å². The van der Waals surface area contributed by atoms with E-state index in [1.165, 1.54) is 24.1 Å². The molecule has 0 amide bonds. The minimum Gasteiger partial charge on any atom is -0.355 e. The van der Waals surface area contributed by atoms with Crippen LogP contribution in [-0.2, 0) is 0 Å². The van der Waals surface area contributed by atoms with E-state index in [1.807, 2.05) is 0 Å². The molecule has 1 aromatic carbocycles. The van der Waals surface area contributed by atoms with Crippen molar-refractivity contribution in [2.45, 2.75) is 32.7 Å². The lowest BCUT2D eigenvalue weighted by Gasteiger charge is -2.39. The molecule has 2 aromatic rings. The van der Waals surface area contributed by atoms with Gasteiger partial charge in [0.25, 0.3) is 0 Å². The average Bonchev–Trinajstić information content (AvgIpc) is 2.69. The molecule has 0 aliphatic carbocycles. The highest BCUT2D eigenvalue weighted by molar-refractivity contribution is 5.74. The van der Waals surface area contributed by atoms with Crippen molar-refractivity contribution in [3.05, 3.63) is 60.2 Å². The van der Waals surface area contributed by atoms with Crippen molar-refractivity contribution in [2.24, 2.45) is 11.8 Å². The van der Waals surface area contributed by atoms with Gasteiger partial charge in [0.2, 0.25) is 0 Å². The summed E-state index contributed by atoms with van der Waals surface area (Å²) in [7, 11) is 2.12. The summed E-state index contributed by atoms with van der Waals surface area (Å²) in [6.45, 7) is 6.85. The molecule has 2 atom stereocenters. The maximum absolute atomic E-state index is 4.46. The van der Waals surface area contributed by atoms with E-state index in [2.05, 4.69) is 77.2 Å². The fourth-order valence-corrected chi connectivity index (χ4v) is 4.23. The Morgan fingerprint density at radius 2 is 1.81 bits per heavy atom. The molecular formula is C22H28N4. The lowest BCUT2D eigenvalue weighted by Crippen LogP contribution is -2.37. The van der Waals surface area contributed by atoms with E-state index >= 15 is 0 Å². The molecule has 2 aliphatic rings. The first kappa shape index (κ1) is 17.2. The van der Waals surface area contributed by atoms with E-state index in [0.29, 0.717) is 12.0 Å². The monoisotopic (exact) mass is 348 g/mol. The highest BCUT2D eigenvalue weighted by atomic mass is 15.2. The highest BCUT2D eigenvalue weighted by Crippen LogP contribution is 2.33. The SMILES string of the molecule is CC1=CC(C2CCN(C(C)c3ccc4nccnc4c3)CC2)C=CN1C. The van der Waals surface area contributed by atoms with Crippen molar-refractivity contribution in [2.75, 3.05) is 20.1 Å². The number of hydrogen-bond donors (Lipinski definition) is 0. The lowest BCUT2D eigenvalue weighted by molar-refractivity contribution is 0.130. The first-order valence-corrected chi connectivity index (χ1v) is 9.66. The summed E-state index contributed by atoms with van der Waals surface area (Å²) in [5, 5.41) is 0. The van der Waals surface area contributed by atoms with Gasteiger partial charge in [0.1, 0.15) is 0 Å². The van der Waals surface area contributed by atoms with Crippen LogP contribution in [0.3, 0.4) is 0 Å². The van der Waals surface area contributed by atoms with Crippen molar-refractivity contribution >= 4 is 11.0 Å². The molecule has 1 aromatic heterocycles. The number of aromatic nitrogens is 2. The van der Waals surface area contributed by atoms with Crippen LogP contribution >= 0.6 is 0 Å². The summed E-state index contributed by atoms with van der Waals surface area (Å²) < 4.78 is 0. The Balaban J connectivity index is 1.41. The van der Waals surface area contributed by atoms with Gasteiger partial charge in [0, 0.05) is 37.1 Å². The molecule has 3 heterocycles. The summed E-state index contributed by atoms with van der Waals surface area (Å²) in [5.41, 5.74) is 4.67. The van der Waals surface area contributed by atoms with Crippen LogP contribution in [0.4, 0.5) is 0 Å². The highest BCUT2D eigenvalue weighted by Gasteiger charge is 2.28. The van der Waals surface area contributed by atoms with Crippen LogP contribution < -0.4 is 0 Å². The number of likely N-dealkylation sites (tertiary alicyclic amines) is 1. The van der Waals surface area contributed by atoms with Gasteiger partial charge in [0.05, 0.1) is 11.0 Å². The summed E-state index contributed by atoms with van der Waals surface area (Å²) >= 11 is 0. The largest absolute Gasteiger partial charge is 0.355 e. The third kappa shape index (κ3) is 3.38. The molecule has 0 radical (unpaired) electrons. The molecule has 136 valence electrons. The van der Waals surface area contributed by atoms with Gasteiger partial charge in [-0.25, -0.2) is 0 Å². The Kier molecular flexibility index (Phi) is 4.77. The molecule has 26 heavy (non-hydrogen) atoms. The quantitative estimate of drug-likeness (QED) is 0.824. The number of benzene rings is 1. The van der Waals surface area contributed by atoms with Gasteiger partial charge in [0.15, 0.2) is 0 Å². The summed E-state index contributed by atoms with van der Waals surface area (Å²) in [6.07, 6.45) is 13.1. The predicted octanol–water partition coefficient (Wildman–Crippen LogP) is 4.38. The van der Waals surface area contributed by atoms with Crippen molar-refractivity contribution in [3.8, 4) is 0 Å². The molecule has 2 unspecified atom stereocenters. The van der Waals surface area contributed by atoms with E-state index in [9.17, 15) is 0 Å². The van der Waals surface area contributed by atoms with Crippen molar-refractivity contribution < 1.29 is 0 Å². The third-order valence-corrected chi connectivity index (χ3v) is 6.16.